The van der Waals surface area contributed by atoms with Crippen molar-refractivity contribution in [2.24, 2.45) is 11.3 Å². The topological polar surface area (TPSA) is 69.6 Å². The van der Waals surface area contributed by atoms with Crippen molar-refractivity contribution >= 4 is 23.8 Å². The molecule has 3 aliphatic rings. The van der Waals surface area contributed by atoms with Crippen molar-refractivity contribution in [2.75, 3.05) is 12.3 Å². The molecule has 1 aliphatic heterocycles. The second-order valence-electron chi connectivity index (χ2n) is 5.99. The number of carboxylic acids is 1. The molecule has 0 aromatic rings. The van der Waals surface area contributed by atoms with Crippen molar-refractivity contribution < 1.29 is 14.7 Å². The van der Waals surface area contributed by atoms with Crippen LogP contribution in [0.4, 0.5) is 4.79 Å². The highest BCUT2D eigenvalue weighted by molar-refractivity contribution is 8.00. The van der Waals surface area contributed by atoms with E-state index in [0.29, 0.717) is 11.2 Å². The highest BCUT2D eigenvalue weighted by Crippen LogP contribution is 2.60. The first-order valence-corrected chi connectivity index (χ1v) is 7.99. The summed E-state index contributed by atoms with van der Waals surface area (Å²) in [6.45, 7) is 2.61. The van der Waals surface area contributed by atoms with Gasteiger partial charge in [0.2, 0.25) is 0 Å². The van der Waals surface area contributed by atoms with Crippen LogP contribution < -0.4 is 5.32 Å². The number of carbonyl (C=O) groups excluding carboxylic acids is 1. The van der Waals surface area contributed by atoms with Gasteiger partial charge in [-0.1, -0.05) is 0 Å². The average molecular weight is 284 g/mol. The molecule has 6 heteroatoms. The second-order valence-corrected chi connectivity index (χ2v) is 7.34. The van der Waals surface area contributed by atoms with Crippen LogP contribution >= 0.6 is 11.8 Å². The van der Waals surface area contributed by atoms with E-state index in [2.05, 4.69) is 5.32 Å². The average Bonchev–Trinajstić information content (AvgIpc) is 3.23. The van der Waals surface area contributed by atoms with Crippen LogP contribution in [0.25, 0.3) is 0 Å². The second kappa shape index (κ2) is 4.58. The fourth-order valence-corrected chi connectivity index (χ4v) is 4.24. The molecular formula is C13H20N2O3S. The molecule has 1 heterocycles. The van der Waals surface area contributed by atoms with Gasteiger partial charge < -0.3 is 10.4 Å². The fourth-order valence-electron chi connectivity index (χ4n) is 3.07. The normalized spacial score (nSPS) is 32.2. The van der Waals surface area contributed by atoms with E-state index in [1.165, 1.54) is 42.3 Å². The van der Waals surface area contributed by atoms with Gasteiger partial charge in [-0.15, -0.1) is 11.8 Å². The van der Waals surface area contributed by atoms with Crippen LogP contribution in [0.5, 0.6) is 0 Å². The van der Waals surface area contributed by atoms with E-state index in [-0.39, 0.29) is 11.4 Å². The maximum Gasteiger partial charge on any atom is 0.327 e. The Hall–Kier alpha value is -0.910. The summed E-state index contributed by atoms with van der Waals surface area (Å²) in [5, 5.41) is 12.1. The Morgan fingerprint density at radius 3 is 2.63 bits per heavy atom. The molecule has 3 fully saturated rings. The molecule has 0 aromatic heterocycles. The summed E-state index contributed by atoms with van der Waals surface area (Å²) >= 11 is 1.52. The van der Waals surface area contributed by atoms with Gasteiger partial charge >= 0.3 is 12.0 Å². The third-order valence-corrected chi connectivity index (χ3v) is 5.89. The number of urea groups is 1. The van der Waals surface area contributed by atoms with Crippen LogP contribution in [0.1, 0.15) is 32.6 Å². The molecule has 2 atom stereocenters. The van der Waals surface area contributed by atoms with E-state index in [9.17, 15) is 9.59 Å². The van der Waals surface area contributed by atoms with E-state index >= 15 is 0 Å². The molecule has 5 nitrogen and oxygen atoms in total. The van der Waals surface area contributed by atoms with Gasteiger partial charge in [-0.25, -0.2) is 9.59 Å². The van der Waals surface area contributed by atoms with Crippen molar-refractivity contribution in [1.29, 1.82) is 0 Å². The number of nitrogens with one attached hydrogen (secondary N) is 1. The maximum atomic E-state index is 12.2. The number of thioether (sulfide) groups is 1. The lowest BCUT2D eigenvalue weighted by Gasteiger charge is -2.26. The third kappa shape index (κ3) is 2.42. The number of aliphatic carboxylic acids is 1. The van der Waals surface area contributed by atoms with Crippen LogP contribution in [0, 0.1) is 11.3 Å². The van der Waals surface area contributed by atoms with E-state index in [1.54, 1.807) is 0 Å². The van der Waals surface area contributed by atoms with Crippen LogP contribution in [-0.4, -0.2) is 45.7 Å². The minimum atomic E-state index is -0.907. The zero-order valence-electron chi connectivity index (χ0n) is 11.1. The predicted molar refractivity (Wildman–Crippen MR) is 73.0 cm³/mol. The Bertz CT molecular complexity index is 407. The molecule has 19 heavy (non-hydrogen) atoms. The summed E-state index contributed by atoms with van der Waals surface area (Å²) in [4.78, 5) is 24.9. The summed E-state index contributed by atoms with van der Waals surface area (Å²) in [5.41, 5.74) is 0.352. The lowest BCUT2D eigenvalue weighted by molar-refractivity contribution is -0.141. The molecule has 2 saturated carbocycles. The SMILES string of the molecule is CC1SCC(C(=O)O)N1C(=O)NCC1(C2CC2)CC1. The lowest BCUT2D eigenvalue weighted by atomic mass is 10.0. The molecule has 3 rings (SSSR count). The predicted octanol–water partition coefficient (Wildman–Crippen LogP) is 1.73. The summed E-state index contributed by atoms with van der Waals surface area (Å²) < 4.78 is 0. The molecule has 2 unspecified atom stereocenters. The highest BCUT2D eigenvalue weighted by Gasteiger charge is 2.54. The zero-order valence-corrected chi connectivity index (χ0v) is 11.9. The van der Waals surface area contributed by atoms with E-state index in [0.717, 1.165) is 12.5 Å². The van der Waals surface area contributed by atoms with E-state index in [1.807, 2.05) is 6.92 Å². The summed E-state index contributed by atoms with van der Waals surface area (Å²) in [6.07, 6.45) is 5.02. The van der Waals surface area contributed by atoms with Gasteiger partial charge in [0.25, 0.3) is 0 Å². The molecule has 2 N–H and O–H groups in total. The van der Waals surface area contributed by atoms with Crippen LogP contribution in [0.15, 0.2) is 0 Å². The highest BCUT2D eigenvalue weighted by atomic mass is 32.2. The van der Waals surface area contributed by atoms with E-state index in [4.69, 9.17) is 5.11 Å². The molecule has 0 bridgehead atoms. The minimum Gasteiger partial charge on any atom is -0.480 e. The van der Waals surface area contributed by atoms with E-state index < -0.39 is 12.0 Å². The van der Waals surface area contributed by atoms with Gasteiger partial charge in [0.1, 0.15) is 6.04 Å². The van der Waals surface area contributed by atoms with Crippen molar-refractivity contribution in [1.82, 2.24) is 10.2 Å². The summed E-state index contributed by atoms with van der Waals surface area (Å²) in [6, 6.07) is -0.895. The molecule has 0 aromatic carbocycles. The van der Waals surface area contributed by atoms with Gasteiger partial charge in [0.15, 0.2) is 0 Å². The standard InChI is InChI=1S/C13H20N2O3S/c1-8-15(10(6-19-8)11(16)17)12(18)14-7-13(4-5-13)9-2-3-9/h8-10H,2-7H2,1H3,(H,14,18)(H,16,17). The van der Waals surface area contributed by atoms with Crippen LogP contribution in [0.2, 0.25) is 0 Å². The molecule has 0 spiro atoms. The number of amides is 2. The van der Waals surface area contributed by atoms with Gasteiger partial charge in [0, 0.05) is 12.3 Å². The van der Waals surface area contributed by atoms with Crippen molar-refractivity contribution in [3.8, 4) is 0 Å². The Labute approximate surface area is 117 Å². The van der Waals surface area contributed by atoms with Crippen molar-refractivity contribution in [3.05, 3.63) is 0 Å². The smallest absolute Gasteiger partial charge is 0.327 e. The third-order valence-electron chi connectivity index (χ3n) is 4.67. The van der Waals surface area contributed by atoms with Gasteiger partial charge in [-0.2, -0.15) is 0 Å². The zero-order chi connectivity index (χ0) is 13.6. The van der Waals surface area contributed by atoms with Crippen molar-refractivity contribution in [2.45, 2.75) is 44.0 Å². The molecule has 2 aliphatic carbocycles. The molecule has 1 saturated heterocycles. The van der Waals surface area contributed by atoms with Crippen LogP contribution in [-0.2, 0) is 4.79 Å². The Balaban J connectivity index is 1.58. The number of hydrogen-bond acceptors (Lipinski definition) is 3. The Kier molecular flexibility index (Phi) is 3.15. The van der Waals surface area contributed by atoms with Gasteiger partial charge in [-0.3, -0.25) is 4.90 Å². The first-order valence-electron chi connectivity index (χ1n) is 6.94. The molecule has 0 radical (unpaired) electrons. The van der Waals surface area contributed by atoms with Gasteiger partial charge in [0.05, 0.1) is 5.37 Å². The first-order chi connectivity index (χ1) is 9.03. The lowest BCUT2D eigenvalue weighted by Crippen LogP contribution is -2.50. The Morgan fingerprint density at radius 1 is 1.42 bits per heavy atom. The largest absolute Gasteiger partial charge is 0.480 e. The monoisotopic (exact) mass is 284 g/mol. The number of carbonyl (C=O) groups is 2. The number of rotatable bonds is 4. The molecule has 2 amide bonds. The maximum absolute atomic E-state index is 12.2. The van der Waals surface area contributed by atoms with Crippen LogP contribution in [0.3, 0.4) is 0 Å². The number of nitrogens with zero attached hydrogens (tertiary/aromatic N) is 1. The van der Waals surface area contributed by atoms with Gasteiger partial charge in [-0.05, 0) is 43.9 Å². The molecular weight excluding hydrogens is 264 g/mol. The molecule has 106 valence electrons. The summed E-state index contributed by atoms with van der Waals surface area (Å²) in [5.74, 6) is 0.376. The number of carboxylic acid groups (broad SMARTS) is 1. The quantitative estimate of drug-likeness (QED) is 0.825. The Morgan fingerprint density at radius 2 is 2.11 bits per heavy atom. The van der Waals surface area contributed by atoms with Crippen molar-refractivity contribution in [3.63, 3.8) is 0 Å². The summed E-state index contributed by atoms with van der Waals surface area (Å²) in [7, 11) is 0. The fraction of sp³-hybridized carbons (Fsp3) is 0.846. The number of hydrogen-bond donors (Lipinski definition) is 2. The first kappa shape index (κ1) is 13.1. The minimum absolute atomic E-state index is 0.0582.